The van der Waals surface area contributed by atoms with Crippen LogP contribution in [0.4, 0.5) is 8.78 Å². The molecule has 0 amide bonds. The van der Waals surface area contributed by atoms with E-state index in [0.29, 0.717) is 5.56 Å². The van der Waals surface area contributed by atoms with E-state index < -0.39 is 5.82 Å². The second kappa shape index (κ2) is 5.85. The summed E-state index contributed by atoms with van der Waals surface area (Å²) < 4.78 is 24.4. The standard InChI is InChI=1S/C7H7F.C6H5FO/c1-6-4-2-3-5-7(6)8;7-5-3-1-2-4-6(5)8/h2-5H,1H3;1-4,8H. The molecule has 0 fully saturated rings. The van der Waals surface area contributed by atoms with Crippen molar-refractivity contribution in [1.29, 1.82) is 0 Å². The molecule has 2 rings (SSSR count). The van der Waals surface area contributed by atoms with Crippen LogP contribution < -0.4 is 0 Å². The number of benzene rings is 2. The first-order valence-electron chi connectivity index (χ1n) is 4.76. The van der Waals surface area contributed by atoms with Crippen molar-refractivity contribution in [3.05, 3.63) is 65.7 Å². The Morgan fingerprint density at radius 3 is 1.62 bits per heavy atom. The highest BCUT2D eigenvalue weighted by Gasteiger charge is 1.92. The van der Waals surface area contributed by atoms with Crippen LogP contribution in [0.5, 0.6) is 5.75 Å². The van der Waals surface area contributed by atoms with Gasteiger partial charge in [0.2, 0.25) is 0 Å². The first-order valence-corrected chi connectivity index (χ1v) is 4.76. The van der Waals surface area contributed by atoms with Gasteiger partial charge < -0.3 is 5.11 Å². The Kier molecular flexibility index (Phi) is 4.45. The third-order valence-corrected chi connectivity index (χ3v) is 1.93. The van der Waals surface area contributed by atoms with Gasteiger partial charge in [-0.2, -0.15) is 0 Å². The van der Waals surface area contributed by atoms with E-state index in [2.05, 4.69) is 0 Å². The quantitative estimate of drug-likeness (QED) is 0.721. The highest BCUT2D eigenvalue weighted by molar-refractivity contribution is 5.21. The number of phenolic OH excluding ortho intramolecular Hbond substituents is 1. The lowest BCUT2D eigenvalue weighted by molar-refractivity contribution is 0.432. The molecule has 0 aliphatic heterocycles. The van der Waals surface area contributed by atoms with Gasteiger partial charge in [0.15, 0.2) is 11.6 Å². The minimum absolute atomic E-state index is 0.132. The molecule has 3 heteroatoms. The van der Waals surface area contributed by atoms with Crippen LogP contribution in [-0.2, 0) is 0 Å². The maximum atomic E-state index is 12.3. The fourth-order valence-corrected chi connectivity index (χ4v) is 1.00. The number of aryl methyl sites for hydroxylation is 1. The molecular weight excluding hydrogens is 210 g/mol. The molecule has 0 saturated heterocycles. The van der Waals surface area contributed by atoms with Gasteiger partial charge >= 0.3 is 0 Å². The van der Waals surface area contributed by atoms with E-state index in [4.69, 9.17) is 5.11 Å². The Morgan fingerprint density at radius 2 is 1.31 bits per heavy atom. The molecule has 0 radical (unpaired) electrons. The van der Waals surface area contributed by atoms with Gasteiger partial charge in [-0.1, -0.05) is 30.3 Å². The summed E-state index contributed by atoms with van der Waals surface area (Å²) >= 11 is 0. The molecule has 1 nitrogen and oxygen atoms in total. The van der Waals surface area contributed by atoms with Crippen molar-refractivity contribution in [2.45, 2.75) is 6.92 Å². The fourth-order valence-electron chi connectivity index (χ4n) is 1.00. The first-order chi connectivity index (χ1) is 7.61. The van der Waals surface area contributed by atoms with Crippen molar-refractivity contribution in [2.75, 3.05) is 0 Å². The summed E-state index contributed by atoms with van der Waals surface area (Å²) in [5.74, 6) is -1.01. The van der Waals surface area contributed by atoms with E-state index in [1.807, 2.05) is 6.07 Å². The molecule has 0 unspecified atom stereocenters. The number of rotatable bonds is 0. The van der Waals surface area contributed by atoms with Crippen molar-refractivity contribution >= 4 is 0 Å². The molecule has 2 aromatic carbocycles. The maximum absolute atomic E-state index is 12.3. The summed E-state index contributed by atoms with van der Waals surface area (Å²) in [6.45, 7) is 1.75. The third kappa shape index (κ3) is 3.69. The maximum Gasteiger partial charge on any atom is 0.164 e. The van der Waals surface area contributed by atoms with Crippen LogP contribution in [0.3, 0.4) is 0 Å². The Balaban J connectivity index is 0.000000160. The Labute approximate surface area is 93.0 Å². The molecule has 0 atom stereocenters. The molecule has 0 aromatic heterocycles. The molecule has 0 saturated carbocycles. The minimum Gasteiger partial charge on any atom is -0.505 e. The molecule has 16 heavy (non-hydrogen) atoms. The van der Waals surface area contributed by atoms with E-state index >= 15 is 0 Å². The molecule has 0 spiro atoms. The van der Waals surface area contributed by atoms with E-state index in [0.717, 1.165) is 0 Å². The third-order valence-electron chi connectivity index (χ3n) is 1.93. The van der Waals surface area contributed by atoms with Gasteiger partial charge in [0.05, 0.1) is 0 Å². The second-order valence-electron chi connectivity index (χ2n) is 3.20. The highest BCUT2D eigenvalue weighted by Crippen LogP contribution is 2.11. The number of aromatic hydroxyl groups is 1. The van der Waals surface area contributed by atoms with Crippen LogP contribution in [0.2, 0.25) is 0 Å². The number of hydrogen-bond donors (Lipinski definition) is 1. The zero-order valence-electron chi connectivity index (χ0n) is 8.82. The van der Waals surface area contributed by atoms with Crippen LogP contribution in [0.1, 0.15) is 5.56 Å². The van der Waals surface area contributed by atoms with Crippen molar-refractivity contribution in [3.63, 3.8) is 0 Å². The summed E-state index contributed by atoms with van der Waals surface area (Å²) in [7, 11) is 0. The van der Waals surface area contributed by atoms with E-state index in [1.165, 1.54) is 24.3 Å². The average molecular weight is 222 g/mol. The molecule has 1 N–H and O–H groups in total. The highest BCUT2D eigenvalue weighted by atomic mass is 19.1. The zero-order chi connectivity index (χ0) is 12.0. The monoisotopic (exact) mass is 222 g/mol. The van der Waals surface area contributed by atoms with Crippen LogP contribution in [0.15, 0.2) is 48.5 Å². The number of halogens is 2. The molecular formula is C13H12F2O. The van der Waals surface area contributed by atoms with Crippen LogP contribution in [-0.4, -0.2) is 5.11 Å². The summed E-state index contributed by atoms with van der Waals surface area (Å²) in [5.41, 5.74) is 0.701. The number of hydrogen-bond acceptors (Lipinski definition) is 1. The largest absolute Gasteiger partial charge is 0.505 e. The topological polar surface area (TPSA) is 20.2 Å². The lowest BCUT2D eigenvalue weighted by Gasteiger charge is -1.89. The van der Waals surface area contributed by atoms with Gasteiger partial charge in [-0.25, -0.2) is 8.78 Å². The second-order valence-corrected chi connectivity index (χ2v) is 3.20. The minimum atomic E-state index is -0.576. The Bertz CT molecular complexity index is 370. The summed E-state index contributed by atoms with van der Waals surface area (Å²) in [4.78, 5) is 0. The normalized spacial score (nSPS) is 9.19. The van der Waals surface area contributed by atoms with E-state index in [-0.39, 0.29) is 11.6 Å². The van der Waals surface area contributed by atoms with Crippen molar-refractivity contribution < 1.29 is 13.9 Å². The molecule has 0 aliphatic carbocycles. The number of para-hydroxylation sites is 1. The van der Waals surface area contributed by atoms with Gasteiger partial charge in [-0.05, 0) is 30.7 Å². The smallest absolute Gasteiger partial charge is 0.164 e. The van der Waals surface area contributed by atoms with Crippen molar-refractivity contribution in [3.8, 4) is 5.75 Å². The zero-order valence-corrected chi connectivity index (χ0v) is 8.82. The van der Waals surface area contributed by atoms with Crippen molar-refractivity contribution in [1.82, 2.24) is 0 Å². The first kappa shape index (κ1) is 12.2. The lowest BCUT2D eigenvalue weighted by atomic mass is 10.2. The summed E-state index contributed by atoms with van der Waals surface area (Å²) in [6.07, 6.45) is 0. The van der Waals surface area contributed by atoms with Gasteiger partial charge in [-0.15, -0.1) is 0 Å². The Hall–Kier alpha value is -1.90. The number of phenols is 1. The predicted molar refractivity (Wildman–Crippen MR) is 59.2 cm³/mol. The molecule has 2 aromatic rings. The SMILES string of the molecule is Cc1ccccc1F.Oc1ccccc1F. The van der Waals surface area contributed by atoms with Crippen LogP contribution in [0, 0.1) is 18.6 Å². The van der Waals surface area contributed by atoms with E-state index in [9.17, 15) is 8.78 Å². The van der Waals surface area contributed by atoms with Gasteiger partial charge in [0.25, 0.3) is 0 Å². The van der Waals surface area contributed by atoms with Crippen molar-refractivity contribution in [2.24, 2.45) is 0 Å². The molecule has 0 aliphatic rings. The lowest BCUT2D eigenvalue weighted by Crippen LogP contribution is -1.76. The van der Waals surface area contributed by atoms with Gasteiger partial charge in [0.1, 0.15) is 5.82 Å². The van der Waals surface area contributed by atoms with E-state index in [1.54, 1.807) is 25.1 Å². The average Bonchev–Trinajstić information content (AvgIpc) is 2.28. The van der Waals surface area contributed by atoms with Gasteiger partial charge in [0, 0.05) is 0 Å². The molecule has 84 valence electrons. The summed E-state index contributed by atoms with van der Waals surface area (Å²) in [5, 5.41) is 8.54. The summed E-state index contributed by atoms with van der Waals surface area (Å²) in [6, 6.07) is 12.3. The molecule has 0 bridgehead atoms. The molecule has 0 heterocycles. The van der Waals surface area contributed by atoms with Crippen LogP contribution in [0.25, 0.3) is 0 Å². The van der Waals surface area contributed by atoms with Gasteiger partial charge in [-0.3, -0.25) is 0 Å². The fraction of sp³-hybridized carbons (Fsp3) is 0.0769. The predicted octanol–water partition coefficient (Wildman–Crippen LogP) is 3.67. The van der Waals surface area contributed by atoms with Crippen LogP contribution >= 0.6 is 0 Å². The Morgan fingerprint density at radius 1 is 0.812 bits per heavy atom.